The lowest BCUT2D eigenvalue weighted by molar-refractivity contribution is -0.120. The zero-order valence-corrected chi connectivity index (χ0v) is 15.3. The van der Waals surface area contributed by atoms with Crippen molar-refractivity contribution < 1.29 is 13.2 Å². The van der Waals surface area contributed by atoms with Crippen molar-refractivity contribution in [2.75, 3.05) is 19.6 Å². The van der Waals surface area contributed by atoms with Gasteiger partial charge in [0.1, 0.15) is 4.21 Å². The summed E-state index contributed by atoms with van der Waals surface area (Å²) in [6, 6.07) is 3.39. The molecular formula is C16H26N2O3S2. The van der Waals surface area contributed by atoms with Gasteiger partial charge in [-0.3, -0.25) is 4.79 Å². The number of carbonyl (C=O) groups excluding carboxylic acids is 1. The summed E-state index contributed by atoms with van der Waals surface area (Å²) in [5.41, 5.74) is 0. The molecule has 0 spiro atoms. The summed E-state index contributed by atoms with van der Waals surface area (Å²) in [4.78, 5) is 12.7. The standard InChI is InChI=1S/C16H26N2O3S2/c1-2-3-5-10-17-15(19)13-14-8-9-16(22-14)23(20,21)18-11-6-4-7-12-18/h8-9H,2-7,10-13H2,1H3,(H,17,19). The number of nitrogens with zero attached hydrogens (tertiary/aromatic N) is 1. The van der Waals surface area contributed by atoms with Gasteiger partial charge in [-0.25, -0.2) is 8.42 Å². The Morgan fingerprint density at radius 1 is 1.22 bits per heavy atom. The highest BCUT2D eigenvalue weighted by Gasteiger charge is 2.27. The van der Waals surface area contributed by atoms with Crippen LogP contribution in [0.1, 0.15) is 50.3 Å². The number of thiophene rings is 1. The molecule has 130 valence electrons. The van der Waals surface area contributed by atoms with Gasteiger partial charge in [0.15, 0.2) is 0 Å². The summed E-state index contributed by atoms with van der Waals surface area (Å²) in [6.07, 6.45) is 6.43. The molecule has 0 aliphatic carbocycles. The van der Waals surface area contributed by atoms with Gasteiger partial charge in [0.2, 0.25) is 5.91 Å². The summed E-state index contributed by atoms with van der Waals surface area (Å²) < 4.78 is 27.1. The van der Waals surface area contributed by atoms with E-state index in [-0.39, 0.29) is 12.3 Å². The monoisotopic (exact) mass is 358 g/mol. The molecule has 1 aromatic heterocycles. The summed E-state index contributed by atoms with van der Waals surface area (Å²) in [7, 11) is -3.38. The Morgan fingerprint density at radius 3 is 2.65 bits per heavy atom. The molecule has 0 bridgehead atoms. The molecule has 0 aromatic carbocycles. The van der Waals surface area contributed by atoms with Crippen LogP contribution < -0.4 is 5.32 Å². The van der Waals surface area contributed by atoms with Gasteiger partial charge < -0.3 is 5.32 Å². The van der Waals surface area contributed by atoms with Crippen LogP contribution in [0.4, 0.5) is 0 Å². The van der Waals surface area contributed by atoms with E-state index in [9.17, 15) is 13.2 Å². The Balaban J connectivity index is 1.90. The molecule has 1 N–H and O–H groups in total. The molecule has 1 aromatic rings. The van der Waals surface area contributed by atoms with Gasteiger partial charge in [-0.15, -0.1) is 11.3 Å². The number of rotatable bonds is 8. The number of unbranched alkanes of at least 4 members (excludes halogenated alkanes) is 2. The topological polar surface area (TPSA) is 66.5 Å². The molecule has 2 heterocycles. The third kappa shape index (κ3) is 5.29. The van der Waals surface area contributed by atoms with E-state index in [0.717, 1.165) is 43.4 Å². The second-order valence-electron chi connectivity index (χ2n) is 5.92. The van der Waals surface area contributed by atoms with E-state index in [1.54, 1.807) is 16.4 Å². The fraction of sp³-hybridized carbons (Fsp3) is 0.688. The molecule has 0 saturated carbocycles. The molecule has 0 atom stereocenters. The van der Waals surface area contributed by atoms with Crippen molar-refractivity contribution in [2.24, 2.45) is 0 Å². The third-order valence-electron chi connectivity index (χ3n) is 3.98. The lowest BCUT2D eigenvalue weighted by atomic mass is 10.2. The number of sulfonamides is 1. The minimum absolute atomic E-state index is 0.0372. The predicted molar refractivity (Wildman–Crippen MR) is 93.2 cm³/mol. The van der Waals surface area contributed by atoms with E-state index in [2.05, 4.69) is 12.2 Å². The van der Waals surface area contributed by atoms with Crippen molar-refractivity contribution in [2.45, 2.75) is 56.1 Å². The highest BCUT2D eigenvalue weighted by molar-refractivity contribution is 7.91. The average molecular weight is 359 g/mol. The van der Waals surface area contributed by atoms with E-state index in [1.807, 2.05) is 0 Å². The Hall–Kier alpha value is -0.920. The van der Waals surface area contributed by atoms with Gasteiger partial charge in [-0.1, -0.05) is 26.2 Å². The average Bonchev–Trinajstić information content (AvgIpc) is 3.02. The third-order valence-corrected chi connectivity index (χ3v) is 7.43. The number of amides is 1. The van der Waals surface area contributed by atoms with E-state index in [0.29, 0.717) is 23.8 Å². The summed E-state index contributed by atoms with van der Waals surface area (Å²) in [5.74, 6) is -0.0372. The van der Waals surface area contributed by atoms with Crippen LogP contribution in [0.2, 0.25) is 0 Å². The number of hydrogen-bond acceptors (Lipinski definition) is 4. The molecule has 2 rings (SSSR count). The van der Waals surface area contributed by atoms with Crippen LogP contribution in [0.25, 0.3) is 0 Å². The van der Waals surface area contributed by atoms with E-state index in [4.69, 9.17) is 0 Å². The molecule has 1 fully saturated rings. The van der Waals surface area contributed by atoms with Crippen LogP contribution in [-0.4, -0.2) is 38.3 Å². The van der Waals surface area contributed by atoms with Gasteiger partial charge in [-0.05, 0) is 31.4 Å². The van der Waals surface area contributed by atoms with Crippen LogP contribution in [0, 0.1) is 0 Å². The van der Waals surface area contributed by atoms with Crippen molar-refractivity contribution in [1.29, 1.82) is 0 Å². The fourth-order valence-electron chi connectivity index (χ4n) is 2.65. The first-order valence-corrected chi connectivity index (χ1v) is 10.6. The Kier molecular flexibility index (Phi) is 7.05. The van der Waals surface area contributed by atoms with Gasteiger partial charge in [-0.2, -0.15) is 4.31 Å². The zero-order valence-electron chi connectivity index (χ0n) is 13.7. The second-order valence-corrected chi connectivity index (χ2v) is 9.25. The molecule has 0 radical (unpaired) electrons. The SMILES string of the molecule is CCCCCNC(=O)Cc1ccc(S(=O)(=O)N2CCCCC2)s1. The van der Waals surface area contributed by atoms with Gasteiger partial charge in [0, 0.05) is 24.5 Å². The summed E-state index contributed by atoms with van der Waals surface area (Å²) in [6.45, 7) is 4.02. The number of hydrogen-bond donors (Lipinski definition) is 1. The van der Waals surface area contributed by atoms with Crippen molar-refractivity contribution in [1.82, 2.24) is 9.62 Å². The summed E-state index contributed by atoms with van der Waals surface area (Å²) in [5, 5.41) is 2.89. The molecule has 0 unspecified atom stereocenters. The molecule has 1 aliphatic rings. The maximum atomic E-state index is 12.6. The van der Waals surface area contributed by atoms with Gasteiger partial charge >= 0.3 is 0 Å². The molecule has 1 aliphatic heterocycles. The highest BCUT2D eigenvalue weighted by atomic mass is 32.2. The molecule has 1 amide bonds. The van der Waals surface area contributed by atoms with Gasteiger partial charge in [0.05, 0.1) is 6.42 Å². The molecular weight excluding hydrogens is 332 g/mol. The number of piperidine rings is 1. The van der Waals surface area contributed by atoms with E-state index < -0.39 is 10.0 Å². The van der Waals surface area contributed by atoms with Crippen LogP contribution in [0.3, 0.4) is 0 Å². The smallest absolute Gasteiger partial charge is 0.252 e. The largest absolute Gasteiger partial charge is 0.356 e. The minimum Gasteiger partial charge on any atom is -0.356 e. The van der Waals surface area contributed by atoms with Crippen molar-refractivity contribution in [3.8, 4) is 0 Å². The lowest BCUT2D eigenvalue weighted by Crippen LogP contribution is -2.35. The van der Waals surface area contributed by atoms with Crippen LogP contribution in [0.15, 0.2) is 16.3 Å². The maximum Gasteiger partial charge on any atom is 0.252 e. The first-order valence-electron chi connectivity index (χ1n) is 8.39. The predicted octanol–water partition coefficient (Wildman–Crippen LogP) is 2.77. The first-order chi connectivity index (χ1) is 11.0. The van der Waals surface area contributed by atoms with Crippen molar-refractivity contribution >= 4 is 27.3 Å². The quantitative estimate of drug-likeness (QED) is 0.727. The Bertz CT molecular complexity index is 605. The maximum absolute atomic E-state index is 12.6. The summed E-state index contributed by atoms with van der Waals surface area (Å²) >= 11 is 1.22. The number of nitrogens with one attached hydrogen (secondary N) is 1. The van der Waals surface area contributed by atoms with E-state index in [1.165, 1.54) is 11.3 Å². The molecule has 5 nitrogen and oxygen atoms in total. The van der Waals surface area contributed by atoms with Crippen LogP contribution in [-0.2, 0) is 21.2 Å². The molecule has 1 saturated heterocycles. The Morgan fingerprint density at radius 2 is 1.96 bits per heavy atom. The van der Waals surface area contributed by atoms with Crippen molar-refractivity contribution in [3.63, 3.8) is 0 Å². The van der Waals surface area contributed by atoms with Crippen molar-refractivity contribution in [3.05, 3.63) is 17.0 Å². The molecule has 23 heavy (non-hydrogen) atoms. The normalized spacial score (nSPS) is 16.4. The van der Waals surface area contributed by atoms with E-state index >= 15 is 0 Å². The Labute approximate surface area is 143 Å². The first kappa shape index (κ1) is 18.4. The minimum atomic E-state index is -3.38. The lowest BCUT2D eigenvalue weighted by Gasteiger charge is -2.25. The van der Waals surface area contributed by atoms with Crippen LogP contribution in [0.5, 0.6) is 0 Å². The molecule has 7 heteroatoms. The fourth-order valence-corrected chi connectivity index (χ4v) is 5.67. The second kappa shape index (κ2) is 8.80. The van der Waals surface area contributed by atoms with Crippen LogP contribution >= 0.6 is 11.3 Å². The van der Waals surface area contributed by atoms with Gasteiger partial charge in [0.25, 0.3) is 10.0 Å². The number of carbonyl (C=O) groups is 1. The highest BCUT2D eigenvalue weighted by Crippen LogP contribution is 2.27. The zero-order chi connectivity index (χ0) is 16.7.